The van der Waals surface area contributed by atoms with Gasteiger partial charge < -0.3 is 24.7 Å². The number of carbonyl (C=O) groups is 2. The first-order chi connectivity index (χ1) is 3.46. The minimum Gasteiger partial charge on any atom is -1.00 e. The van der Waals surface area contributed by atoms with Gasteiger partial charge >= 0.3 is 113 Å². The van der Waals surface area contributed by atoms with E-state index in [4.69, 9.17) is 30.0 Å². The Morgan fingerprint density at radius 2 is 0.900 bits per heavy atom. The average Bonchev–Trinajstić information content (AvgIpc) is 1.25. The SMILES string of the molecule is O=C(O)O.O=C(O)O.[Ba+2].[H-].[H-].[H-].[K+]. The quantitative estimate of drug-likeness (QED) is 0.365. The molecule has 0 saturated heterocycles. The number of rotatable bonds is 0. The molecule has 0 unspecified atom stereocenters. The topological polar surface area (TPSA) is 115 Å². The Hall–Kier alpha value is 1.75. The van der Waals surface area contributed by atoms with Crippen molar-refractivity contribution in [1.29, 1.82) is 0 Å². The Balaban J connectivity index is -0.00000000800. The molecule has 0 aliphatic rings. The summed E-state index contributed by atoms with van der Waals surface area (Å²) in [6.07, 6.45) is -3.67. The number of hydrogen-bond acceptors (Lipinski definition) is 2. The van der Waals surface area contributed by atoms with Crippen LogP contribution >= 0.6 is 0 Å². The molecule has 0 atom stereocenters. The van der Waals surface area contributed by atoms with E-state index in [1.165, 1.54) is 0 Å². The molecule has 0 radical (unpaired) electrons. The first-order valence-electron chi connectivity index (χ1n) is 1.30. The zero-order valence-electron chi connectivity index (χ0n) is 8.31. The Morgan fingerprint density at radius 1 is 0.900 bits per heavy atom. The van der Waals surface area contributed by atoms with Crippen LogP contribution < -0.4 is 51.4 Å². The molecule has 0 bridgehead atoms. The first-order valence-corrected chi connectivity index (χ1v) is 1.30. The molecule has 6 nitrogen and oxygen atoms in total. The molecule has 0 aromatic rings. The second-order valence-electron chi connectivity index (χ2n) is 0.565. The van der Waals surface area contributed by atoms with Crippen molar-refractivity contribution in [3.05, 3.63) is 0 Å². The molecule has 0 rings (SSSR count). The average molecular weight is 303 g/mol. The van der Waals surface area contributed by atoms with E-state index < -0.39 is 12.3 Å². The predicted molar refractivity (Wildman–Crippen MR) is 30.4 cm³/mol. The third kappa shape index (κ3) is 244. The summed E-state index contributed by atoms with van der Waals surface area (Å²) in [7, 11) is 0. The minimum atomic E-state index is -1.83. The van der Waals surface area contributed by atoms with Crippen molar-refractivity contribution in [2.45, 2.75) is 0 Å². The van der Waals surface area contributed by atoms with E-state index in [1.54, 1.807) is 0 Å². The van der Waals surface area contributed by atoms with Crippen LogP contribution in [0.4, 0.5) is 9.59 Å². The molecule has 0 heterocycles. The van der Waals surface area contributed by atoms with E-state index in [2.05, 4.69) is 0 Å². The molecule has 0 aromatic heterocycles. The van der Waals surface area contributed by atoms with Crippen molar-refractivity contribution in [2.75, 3.05) is 0 Å². The van der Waals surface area contributed by atoms with Crippen molar-refractivity contribution in [2.24, 2.45) is 0 Å². The van der Waals surface area contributed by atoms with Crippen LogP contribution in [-0.2, 0) is 0 Å². The third-order valence-electron chi connectivity index (χ3n) is 0. The Bertz CT molecular complexity index is 83.9. The zero-order chi connectivity index (χ0) is 7.15. The van der Waals surface area contributed by atoms with Crippen LogP contribution in [0, 0.1) is 0 Å². The van der Waals surface area contributed by atoms with Gasteiger partial charge in [0.05, 0.1) is 0 Å². The molecule has 54 valence electrons. The molecule has 0 fully saturated rings. The van der Waals surface area contributed by atoms with Gasteiger partial charge in [0.1, 0.15) is 0 Å². The van der Waals surface area contributed by atoms with E-state index in [0.29, 0.717) is 0 Å². The van der Waals surface area contributed by atoms with Gasteiger partial charge in [-0.3, -0.25) is 0 Å². The Morgan fingerprint density at radius 3 is 0.900 bits per heavy atom. The van der Waals surface area contributed by atoms with E-state index in [0.717, 1.165) is 0 Å². The fourth-order valence-corrected chi connectivity index (χ4v) is 0. The summed E-state index contributed by atoms with van der Waals surface area (Å²) in [6, 6.07) is 0. The van der Waals surface area contributed by atoms with Crippen molar-refractivity contribution < 1.29 is 85.7 Å². The molecular formula is C2H7BaKO6. The first kappa shape index (κ1) is 22.6. The van der Waals surface area contributed by atoms with Gasteiger partial charge in [-0.25, -0.2) is 9.59 Å². The van der Waals surface area contributed by atoms with Gasteiger partial charge in [-0.15, -0.1) is 0 Å². The molecule has 8 heteroatoms. The van der Waals surface area contributed by atoms with Gasteiger partial charge in [0.25, 0.3) is 0 Å². The van der Waals surface area contributed by atoms with Gasteiger partial charge in [-0.1, -0.05) is 0 Å². The maximum Gasteiger partial charge on any atom is 2.00 e. The second kappa shape index (κ2) is 17.0. The molecule has 4 N–H and O–H groups in total. The molecule has 0 saturated carbocycles. The minimum absolute atomic E-state index is 0. The van der Waals surface area contributed by atoms with Gasteiger partial charge in [-0.2, -0.15) is 0 Å². The van der Waals surface area contributed by atoms with E-state index in [1.807, 2.05) is 0 Å². The standard InChI is InChI=1S/2CH2O3.Ba.K.3H/c2*2-1(3)4;;;;;/h2*(H2,2,3,4);;;;;/q;;+2;+1;3*-1. The van der Waals surface area contributed by atoms with Crippen molar-refractivity contribution >= 4 is 61.2 Å². The maximum atomic E-state index is 8.56. The fraction of sp³-hybridized carbons (Fsp3) is 0. The van der Waals surface area contributed by atoms with Crippen LogP contribution in [0.25, 0.3) is 0 Å². The summed E-state index contributed by atoms with van der Waals surface area (Å²) in [5.41, 5.74) is 0. The Labute approximate surface area is 144 Å². The van der Waals surface area contributed by atoms with Gasteiger partial charge in [-0.05, 0) is 0 Å². The predicted octanol–water partition coefficient (Wildman–Crippen LogP) is -2.59. The molecule has 0 amide bonds. The zero-order valence-corrected chi connectivity index (χ0v) is 12.9. The van der Waals surface area contributed by atoms with Crippen LogP contribution in [0.5, 0.6) is 0 Å². The largest absolute Gasteiger partial charge is 2.00 e. The summed E-state index contributed by atoms with van der Waals surface area (Å²) in [4.78, 5) is 17.1. The molecule has 0 aromatic carbocycles. The van der Waals surface area contributed by atoms with Crippen molar-refractivity contribution in [3.63, 3.8) is 0 Å². The fourth-order valence-electron chi connectivity index (χ4n) is 0. The molecule has 0 aliphatic carbocycles. The monoisotopic (exact) mass is 304 g/mol. The maximum absolute atomic E-state index is 8.56. The summed E-state index contributed by atoms with van der Waals surface area (Å²) < 4.78 is 0. The van der Waals surface area contributed by atoms with E-state index in [-0.39, 0.29) is 105 Å². The van der Waals surface area contributed by atoms with Crippen molar-refractivity contribution in [1.82, 2.24) is 0 Å². The van der Waals surface area contributed by atoms with Gasteiger partial charge in [0.15, 0.2) is 0 Å². The Kier molecular flexibility index (Phi) is 38.5. The third-order valence-corrected chi connectivity index (χ3v) is 0. The smallest absolute Gasteiger partial charge is 1.00 e. The summed E-state index contributed by atoms with van der Waals surface area (Å²) in [6.45, 7) is 0. The normalized spacial score (nSPS) is 4.80. The van der Waals surface area contributed by atoms with Crippen LogP contribution in [0.1, 0.15) is 4.28 Å². The summed E-state index contributed by atoms with van der Waals surface area (Å²) in [5, 5.41) is 27.9. The summed E-state index contributed by atoms with van der Waals surface area (Å²) >= 11 is 0. The van der Waals surface area contributed by atoms with E-state index in [9.17, 15) is 0 Å². The summed E-state index contributed by atoms with van der Waals surface area (Å²) in [5.74, 6) is 0. The van der Waals surface area contributed by atoms with Gasteiger partial charge in [0, 0.05) is 0 Å². The van der Waals surface area contributed by atoms with Crippen LogP contribution in [0.2, 0.25) is 0 Å². The number of carboxylic acid groups (broad SMARTS) is 4. The molecule has 10 heavy (non-hydrogen) atoms. The number of hydrogen-bond donors (Lipinski definition) is 4. The second-order valence-corrected chi connectivity index (χ2v) is 0.565. The van der Waals surface area contributed by atoms with Crippen LogP contribution in [0.3, 0.4) is 0 Å². The molecular weight excluding hydrogens is 296 g/mol. The van der Waals surface area contributed by atoms with Crippen molar-refractivity contribution in [3.8, 4) is 0 Å². The van der Waals surface area contributed by atoms with E-state index >= 15 is 0 Å². The molecule has 0 aliphatic heterocycles. The van der Waals surface area contributed by atoms with Gasteiger partial charge in [0.2, 0.25) is 0 Å². The molecule has 0 spiro atoms. The van der Waals surface area contributed by atoms with Crippen LogP contribution in [-0.4, -0.2) is 81.6 Å². The van der Waals surface area contributed by atoms with Crippen LogP contribution in [0.15, 0.2) is 0 Å².